The molecule has 0 bridgehead atoms. The van der Waals surface area contributed by atoms with Gasteiger partial charge < -0.3 is 19.7 Å². The number of aromatic nitrogens is 2. The molecule has 1 saturated heterocycles. The first kappa shape index (κ1) is 21.4. The van der Waals surface area contributed by atoms with Crippen LogP contribution in [-0.4, -0.2) is 54.3 Å². The lowest BCUT2D eigenvalue weighted by Gasteiger charge is -2.20. The van der Waals surface area contributed by atoms with Crippen LogP contribution in [0, 0.1) is 17.2 Å². The number of fused-ring (bicyclic) bond motifs is 2. The predicted octanol–water partition coefficient (Wildman–Crippen LogP) is 3.84. The maximum atomic E-state index is 9.29. The molecule has 1 saturated carbocycles. The van der Waals surface area contributed by atoms with Crippen molar-refractivity contribution in [2.75, 3.05) is 38.7 Å². The SMILES string of the molecule is COc1nc2c(N[C@@H]3CCC(C#N)C3)c3c(nc2cc1COCCN1CCCC1)CCC3. The van der Waals surface area contributed by atoms with Gasteiger partial charge in [-0.15, -0.1) is 0 Å². The molecule has 3 aliphatic rings. The summed E-state index contributed by atoms with van der Waals surface area (Å²) in [7, 11) is 1.67. The van der Waals surface area contributed by atoms with E-state index in [0.29, 0.717) is 25.1 Å². The zero-order valence-corrected chi connectivity index (χ0v) is 19.0. The molecule has 0 amide bonds. The number of anilines is 1. The predicted molar refractivity (Wildman–Crippen MR) is 124 cm³/mol. The second-order valence-electron chi connectivity index (χ2n) is 9.37. The quantitative estimate of drug-likeness (QED) is 0.631. The summed E-state index contributed by atoms with van der Waals surface area (Å²) in [4.78, 5) is 12.3. The highest BCUT2D eigenvalue weighted by Gasteiger charge is 2.28. The van der Waals surface area contributed by atoms with Crippen molar-refractivity contribution in [3.05, 3.63) is 22.9 Å². The van der Waals surface area contributed by atoms with Gasteiger partial charge in [-0.25, -0.2) is 4.98 Å². The van der Waals surface area contributed by atoms with E-state index in [-0.39, 0.29) is 5.92 Å². The second kappa shape index (κ2) is 9.60. The van der Waals surface area contributed by atoms with E-state index in [2.05, 4.69) is 22.4 Å². The van der Waals surface area contributed by atoms with E-state index in [4.69, 9.17) is 19.4 Å². The third kappa shape index (κ3) is 4.39. The first-order valence-corrected chi connectivity index (χ1v) is 12.1. The molecular formula is C25H33N5O2. The zero-order valence-electron chi connectivity index (χ0n) is 19.0. The summed E-state index contributed by atoms with van der Waals surface area (Å²) in [6, 6.07) is 4.84. The lowest BCUT2D eigenvalue weighted by atomic mass is 10.1. The van der Waals surface area contributed by atoms with Crippen LogP contribution in [0.5, 0.6) is 5.88 Å². The Morgan fingerprint density at radius 1 is 1.19 bits per heavy atom. The minimum absolute atomic E-state index is 0.153. The first-order chi connectivity index (χ1) is 15.7. The number of rotatable bonds is 8. The molecule has 5 rings (SSSR count). The lowest BCUT2D eigenvalue weighted by molar-refractivity contribution is 0.0975. The molecule has 32 heavy (non-hydrogen) atoms. The number of nitriles is 1. The molecule has 2 aromatic rings. The van der Waals surface area contributed by atoms with Crippen molar-refractivity contribution in [1.82, 2.24) is 14.9 Å². The highest BCUT2D eigenvalue weighted by molar-refractivity contribution is 5.91. The summed E-state index contributed by atoms with van der Waals surface area (Å²) in [5.74, 6) is 0.767. The number of likely N-dealkylation sites (tertiary alicyclic amines) is 1. The average Bonchev–Trinajstić information content (AvgIpc) is 3.58. The molecule has 1 N–H and O–H groups in total. The summed E-state index contributed by atoms with van der Waals surface area (Å²) in [5, 5.41) is 13.1. The second-order valence-corrected chi connectivity index (χ2v) is 9.37. The van der Waals surface area contributed by atoms with Gasteiger partial charge in [0.05, 0.1) is 37.6 Å². The summed E-state index contributed by atoms with van der Waals surface area (Å²) >= 11 is 0. The van der Waals surface area contributed by atoms with Crippen LogP contribution in [0.25, 0.3) is 11.0 Å². The molecule has 0 aromatic carbocycles. The van der Waals surface area contributed by atoms with Crippen molar-refractivity contribution in [2.24, 2.45) is 5.92 Å². The normalized spacial score (nSPS) is 22.9. The Hall–Kier alpha value is -2.43. The summed E-state index contributed by atoms with van der Waals surface area (Å²) in [6.07, 6.45) is 8.66. The van der Waals surface area contributed by atoms with Crippen molar-refractivity contribution < 1.29 is 9.47 Å². The largest absolute Gasteiger partial charge is 0.481 e. The van der Waals surface area contributed by atoms with Gasteiger partial charge in [0.2, 0.25) is 5.88 Å². The topological polar surface area (TPSA) is 83.3 Å². The van der Waals surface area contributed by atoms with E-state index < -0.39 is 0 Å². The number of hydrogen-bond acceptors (Lipinski definition) is 7. The van der Waals surface area contributed by atoms with E-state index in [9.17, 15) is 5.26 Å². The molecule has 170 valence electrons. The number of pyridine rings is 2. The fourth-order valence-electron chi connectivity index (χ4n) is 5.46. The molecular weight excluding hydrogens is 402 g/mol. The molecule has 1 aliphatic heterocycles. The van der Waals surface area contributed by atoms with E-state index in [0.717, 1.165) is 67.4 Å². The van der Waals surface area contributed by atoms with Crippen molar-refractivity contribution in [3.8, 4) is 11.9 Å². The Bertz CT molecular complexity index is 1010. The van der Waals surface area contributed by atoms with Crippen LogP contribution in [0.4, 0.5) is 5.69 Å². The minimum atomic E-state index is 0.153. The van der Waals surface area contributed by atoms with Crippen molar-refractivity contribution in [3.63, 3.8) is 0 Å². The van der Waals surface area contributed by atoms with E-state index in [1.54, 1.807) is 7.11 Å². The standard InChI is InChI=1S/C25H33N5O2/c1-31-25-18(16-32-12-11-30-9-2-3-10-30)14-22-24(29-25)23(20-5-4-6-21(20)28-22)27-19-8-7-17(13-19)15-26/h14,17,19H,2-13,16H2,1H3,(H,27,28)/t17?,19-/m1/s1. The number of nitrogens with one attached hydrogen (secondary N) is 1. The molecule has 7 nitrogen and oxygen atoms in total. The molecule has 2 aliphatic carbocycles. The van der Waals surface area contributed by atoms with Gasteiger partial charge in [-0.1, -0.05) is 0 Å². The Balaban J connectivity index is 1.39. The van der Waals surface area contributed by atoms with Crippen LogP contribution < -0.4 is 10.1 Å². The molecule has 2 aromatic heterocycles. The smallest absolute Gasteiger partial charge is 0.219 e. The van der Waals surface area contributed by atoms with Crippen molar-refractivity contribution in [2.45, 2.75) is 64.0 Å². The van der Waals surface area contributed by atoms with Gasteiger partial charge >= 0.3 is 0 Å². The Morgan fingerprint density at radius 2 is 2.06 bits per heavy atom. The Kier molecular flexibility index (Phi) is 6.42. The Labute approximate surface area is 190 Å². The van der Waals surface area contributed by atoms with Gasteiger partial charge in [0.15, 0.2) is 0 Å². The third-order valence-electron chi connectivity index (χ3n) is 7.19. The van der Waals surface area contributed by atoms with Crippen molar-refractivity contribution >= 4 is 16.7 Å². The highest BCUT2D eigenvalue weighted by Crippen LogP contribution is 2.37. The third-order valence-corrected chi connectivity index (χ3v) is 7.19. The Morgan fingerprint density at radius 3 is 2.84 bits per heavy atom. The van der Waals surface area contributed by atoms with Gasteiger partial charge in [-0.3, -0.25) is 4.98 Å². The maximum Gasteiger partial charge on any atom is 0.219 e. The van der Waals surface area contributed by atoms with E-state index >= 15 is 0 Å². The van der Waals surface area contributed by atoms with Gasteiger partial charge in [-0.2, -0.15) is 5.26 Å². The van der Waals surface area contributed by atoms with Gasteiger partial charge in [0.1, 0.15) is 5.52 Å². The molecule has 3 heterocycles. The fraction of sp³-hybridized carbons (Fsp3) is 0.640. The van der Waals surface area contributed by atoms with Crippen LogP contribution >= 0.6 is 0 Å². The number of nitrogens with zero attached hydrogens (tertiary/aromatic N) is 4. The average molecular weight is 436 g/mol. The highest BCUT2D eigenvalue weighted by atomic mass is 16.5. The van der Waals surface area contributed by atoms with Crippen LogP contribution in [0.1, 0.15) is 55.3 Å². The lowest BCUT2D eigenvalue weighted by Crippen LogP contribution is -2.24. The van der Waals surface area contributed by atoms with Crippen LogP contribution in [0.15, 0.2) is 6.07 Å². The van der Waals surface area contributed by atoms with Crippen LogP contribution in [0.3, 0.4) is 0 Å². The van der Waals surface area contributed by atoms with Gasteiger partial charge in [0.25, 0.3) is 0 Å². The maximum absolute atomic E-state index is 9.29. The number of ether oxygens (including phenoxy) is 2. The molecule has 0 radical (unpaired) electrons. The number of methoxy groups -OCH3 is 1. The van der Waals surface area contributed by atoms with E-state index in [1.165, 1.54) is 37.2 Å². The molecule has 2 fully saturated rings. The molecule has 7 heteroatoms. The fourth-order valence-corrected chi connectivity index (χ4v) is 5.46. The molecule has 1 unspecified atom stereocenters. The van der Waals surface area contributed by atoms with Crippen LogP contribution in [0.2, 0.25) is 0 Å². The number of hydrogen-bond donors (Lipinski definition) is 1. The van der Waals surface area contributed by atoms with Crippen LogP contribution in [-0.2, 0) is 24.2 Å². The van der Waals surface area contributed by atoms with E-state index in [1.807, 2.05) is 0 Å². The van der Waals surface area contributed by atoms with Gasteiger partial charge in [-0.05, 0) is 76.1 Å². The first-order valence-electron chi connectivity index (χ1n) is 12.1. The van der Waals surface area contributed by atoms with Gasteiger partial charge in [0, 0.05) is 29.8 Å². The summed E-state index contributed by atoms with van der Waals surface area (Å²) in [5.41, 5.74) is 6.31. The summed E-state index contributed by atoms with van der Waals surface area (Å²) < 4.78 is 11.7. The number of aryl methyl sites for hydroxylation is 1. The zero-order chi connectivity index (χ0) is 21.9. The minimum Gasteiger partial charge on any atom is -0.481 e. The monoisotopic (exact) mass is 435 g/mol. The molecule has 0 spiro atoms. The van der Waals surface area contributed by atoms with Crippen molar-refractivity contribution in [1.29, 1.82) is 5.26 Å². The molecule has 2 atom stereocenters. The summed E-state index contributed by atoms with van der Waals surface area (Å²) in [6.45, 7) is 4.55.